The van der Waals surface area contributed by atoms with Crippen molar-refractivity contribution < 1.29 is 9.84 Å². The summed E-state index contributed by atoms with van der Waals surface area (Å²) in [6.45, 7) is 0.766. The predicted octanol–water partition coefficient (Wildman–Crippen LogP) is 0.936. The monoisotopic (exact) mass is 142 g/mol. The Morgan fingerprint density at radius 1 is 1.20 bits per heavy atom. The van der Waals surface area contributed by atoms with Crippen LogP contribution in [0.3, 0.4) is 0 Å². The van der Waals surface area contributed by atoms with Gasteiger partial charge in [0.2, 0.25) is 0 Å². The highest BCUT2D eigenvalue weighted by Crippen LogP contribution is 2.34. The average molecular weight is 142 g/mol. The SMILES string of the molecule is O[C@H]1CCO[C@H]2CCC[C@H]21. The third-order valence-electron chi connectivity index (χ3n) is 2.74. The highest BCUT2D eigenvalue weighted by molar-refractivity contribution is 4.86. The minimum Gasteiger partial charge on any atom is -0.393 e. The molecule has 58 valence electrons. The van der Waals surface area contributed by atoms with Crippen molar-refractivity contribution in [3.8, 4) is 0 Å². The zero-order chi connectivity index (χ0) is 6.97. The lowest BCUT2D eigenvalue weighted by molar-refractivity contribution is -0.0765. The third kappa shape index (κ3) is 0.956. The van der Waals surface area contributed by atoms with Gasteiger partial charge in [0.25, 0.3) is 0 Å². The van der Waals surface area contributed by atoms with Gasteiger partial charge in [0.15, 0.2) is 0 Å². The summed E-state index contributed by atoms with van der Waals surface area (Å²) in [4.78, 5) is 0. The van der Waals surface area contributed by atoms with Crippen molar-refractivity contribution in [1.82, 2.24) is 0 Å². The minimum atomic E-state index is -0.0683. The number of aliphatic hydroxyl groups is 1. The first-order valence-electron chi connectivity index (χ1n) is 4.17. The molecule has 0 amide bonds. The quantitative estimate of drug-likeness (QED) is 0.545. The Hall–Kier alpha value is -0.0800. The highest BCUT2D eigenvalue weighted by atomic mass is 16.5. The van der Waals surface area contributed by atoms with E-state index in [-0.39, 0.29) is 6.10 Å². The van der Waals surface area contributed by atoms with Crippen molar-refractivity contribution >= 4 is 0 Å². The van der Waals surface area contributed by atoms with Crippen LogP contribution >= 0.6 is 0 Å². The fourth-order valence-corrected chi connectivity index (χ4v) is 2.16. The fraction of sp³-hybridized carbons (Fsp3) is 1.00. The summed E-state index contributed by atoms with van der Waals surface area (Å²) in [5, 5.41) is 9.50. The summed E-state index contributed by atoms with van der Waals surface area (Å²) in [6.07, 6.45) is 4.76. The third-order valence-corrected chi connectivity index (χ3v) is 2.74. The second-order valence-corrected chi connectivity index (χ2v) is 3.36. The van der Waals surface area contributed by atoms with E-state index in [0.29, 0.717) is 12.0 Å². The Balaban J connectivity index is 2.03. The average Bonchev–Trinajstić information content (AvgIpc) is 2.36. The first-order chi connectivity index (χ1) is 4.88. The summed E-state index contributed by atoms with van der Waals surface area (Å²) in [5.74, 6) is 0.466. The summed E-state index contributed by atoms with van der Waals surface area (Å²) in [5.41, 5.74) is 0. The molecule has 0 aromatic carbocycles. The largest absolute Gasteiger partial charge is 0.393 e. The molecular weight excluding hydrogens is 128 g/mol. The van der Waals surface area contributed by atoms with Gasteiger partial charge in [0.1, 0.15) is 0 Å². The Kier molecular flexibility index (Phi) is 1.66. The lowest BCUT2D eigenvalue weighted by Gasteiger charge is -2.30. The van der Waals surface area contributed by atoms with Gasteiger partial charge in [-0.3, -0.25) is 0 Å². The molecule has 1 heterocycles. The van der Waals surface area contributed by atoms with Gasteiger partial charge in [0.05, 0.1) is 12.2 Å². The molecule has 1 saturated heterocycles. The van der Waals surface area contributed by atoms with Crippen LogP contribution in [0.4, 0.5) is 0 Å². The zero-order valence-corrected chi connectivity index (χ0v) is 6.12. The zero-order valence-electron chi connectivity index (χ0n) is 6.12. The van der Waals surface area contributed by atoms with E-state index in [1.54, 1.807) is 0 Å². The van der Waals surface area contributed by atoms with Crippen molar-refractivity contribution in [2.75, 3.05) is 6.61 Å². The Morgan fingerprint density at radius 3 is 2.90 bits per heavy atom. The lowest BCUT2D eigenvalue weighted by Crippen LogP contribution is -2.35. The van der Waals surface area contributed by atoms with Crippen LogP contribution in [0.2, 0.25) is 0 Å². The molecule has 0 radical (unpaired) electrons. The molecule has 1 saturated carbocycles. The van der Waals surface area contributed by atoms with Gasteiger partial charge in [-0.25, -0.2) is 0 Å². The Morgan fingerprint density at radius 2 is 2.10 bits per heavy atom. The van der Waals surface area contributed by atoms with Gasteiger partial charge in [-0.05, 0) is 19.3 Å². The number of rotatable bonds is 0. The first kappa shape index (κ1) is 6.62. The molecule has 0 spiro atoms. The van der Waals surface area contributed by atoms with E-state index in [9.17, 15) is 5.11 Å². The highest BCUT2D eigenvalue weighted by Gasteiger charge is 2.36. The number of fused-ring (bicyclic) bond motifs is 1. The maximum Gasteiger partial charge on any atom is 0.0628 e. The molecule has 2 fully saturated rings. The van der Waals surface area contributed by atoms with E-state index in [2.05, 4.69) is 0 Å². The van der Waals surface area contributed by atoms with E-state index >= 15 is 0 Å². The predicted molar refractivity (Wildman–Crippen MR) is 37.7 cm³/mol. The van der Waals surface area contributed by atoms with Gasteiger partial charge in [-0.2, -0.15) is 0 Å². The summed E-state index contributed by atoms with van der Waals surface area (Å²) >= 11 is 0. The van der Waals surface area contributed by atoms with Crippen molar-refractivity contribution in [2.45, 2.75) is 37.9 Å². The summed E-state index contributed by atoms with van der Waals surface area (Å²) < 4.78 is 5.51. The lowest BCUT2D eigenvalue weighted by atomic mass is 9.94. The van der Waals surface area contributed by atoms with Crippen molar-refractivity contribution in [3.63, 3.8) is 0 Å². The normalized spacial score (nSPS) is 47.1. The van der Waals surface area contributed by atoms with Crippen LogP contribution in [-0.2, 0) is 4.74 Å². The topological polar surface area (TPSA) is 29.5 Å². The molecule has 2 rings (SSSR count). The standard InChI is InChI=1S/C8H14O2/c9-7-4-5-10-8-3-1-2-6(7)8/h6-9H,1-5H2/t6-,7-,8-/m0/s1. The van der Waals surface area contributed by atoms with Crippen LogP contribution in [0.5, 0.6) is 0 Å². The summed E-state index contributed by atoms with van der Waals surface area (Å²) in [7, 11) is 0. The molecular formula is C8H14O2. The van der Waals surface area contributed by atoms with E-state index in [1.807, 2.05) is 0 Å². The van der Waals surface area contributed by atoms with Crippen molar-refractivity contribution in [3.05, 3.63) is 0 Å². The molecule has 2 heteroatoms. The van der Waals surface area contributed by atoms with Gasteiger partial charge in [0, 0.05) is 12.5 Å². The molecule has 3 atom stereocenters. The molecule has 2 aliphatic rings. The van der Waals surface area contributed by atoms with Crippen LogP contribution < -0.4 is 0 Å². The molecule has 1 N–H and O–H groups in total. The molecule has 1 aliphatic carbocycles. The second kappa shape index (κ2) is 2.51. The molecule has 10 heavy (non-hydrogen) atoms. The minimum absolute atomic E-state index is 0.0683. The molecule has 0 aromatic heterocycles. The molecule has 0 unspecified atom stereocenters. The van der Waals surface area contributed by atoms with Gasteiger partial charge in [-0.15, -0.1) is 0 Å². The molecule has 0 bridgehead atoms. The molecule has 2 nitrogen and oxygen atoms in total. The summed E-state index contributed by atoms with van der Waals surface area (Å²) in [6, 6.07) is 0. The maximum atomic E-state index is 9.50. The van der Waals surface area contributed by atoms with Crippen molar-refractivity contribution in [1.29, 1.82) is 0 Å². The van der Waals surface area contributed by atoms with Crippen LogP contribution in [0.15, 0.2) is 0 Å². The maximum absolute atomic E-state index is 9.50. The smallest absolute Gasteiger partial charge is 0.0628 e. The van der Waals surface area contributed by atoms with E-state index < -0.39 is 0 Å². The van der Waals surface area contributed by atoms with Gasteiger partial charge >= 0.3 is 0 Å². The van der Waals surface area contributed by atoms with Crippen LogP contribution in [0, 0.1) is 5.92 Å². The first-order valence-corrected chi connectivity index (χ1v) is 4.17. The van der Waals surface area contributed by atoms with Crippen LogP contribution in [-0.4, -0.2) is 23.9 Å². The fourth-order valence-electron chi connectivity index (χ4n) is 2.16. The van der Waals surface area contributed by atoms with E-state index in [4.69, 9.17) is 4.74 Å². The molecule has 1 aliphatic heterocycles. The van der Waals surface area contributed by atoms with Gasteiger partial charge < -0.3 is 9.84 Å². The van der Waals surface area contributed by atoms with Crippen LogP contribution in [0.1, 0.15) is 25.7 Å². The van der Waals surface area contributed by atoms with Crippen molar-refractivity contribution in [2.24, 2.45) is 5.92 Å². The van der Waals surface area contributed by atoms with Gasteiger partial charge in [-0.1, -0.05) is 6.42 Å². The molecule has 0 aromatic rings. The number of aliphatic hydroxyl groups excluding tert-OH is 1. The number of hydrogen-bond acceptors (Lipinski definition) is 2. The van der Waals surface area contributed by atoms with E-state index in [1.165, 1.54) is 19.3 Å². The number of hydrogen-bond donors (Lipinski definition) is 1. The second-order valence-electron chi connectivity index (χ2n) is 3.36. The van der Waals surface area contributed by atoms with E-state index in [0.717, 1.165) is 13.0 Å². The Bertz CT molecular complexity index is 124. The van der Waals surface area contributed by atoms with Crippen LogP contribution in [0.25, 0.3) is 0 Å². The Labute approximate surface area is 61.2 Å². The number of ether oxygens (including phenoxy) is 1.